The van der Waals surface area contributed by atoms with Crippen LogP contribution < -0.4 is 15.1 Å². The highest BCUT2D eigenvalue weighted by Crippen LogP contribution is 2.28. The van der Waals surface area contributed by atoms with E-state index in [1.807, 2.05) is 22.8 Å². The van der Waals surface area contributed by atoms with Gasteiger partial charge in [-0.15, -0.1) is 0 Å². The van der Waals surface area contributed by atoms with Gasteiger partial charge in [-0.25, -0.2) is 14.2 Å². The molecule has 0 aliphatic carbocycles. The van der Waals surface area contributed by atoms with Gasteiger partial charge in [-0.3, -0.25) is 14.7 Å². The average molecular weight is 429 g/mol. The van der Waals surface area contributed by atoms with Crippen molar-refractivity contribution in [2.24, 2.45) is 12.1 Å². The van der Waals surface area contributed by atoms with Gasteiger partial charge in [-0.05, 0) is 18.2 Å². The molecule has 1 N–H and O–H groups in total. The number of hydrazone groups is 1. The first-order valence-electron chi connectivity index (χ1n) is 9.94. The molecule has 1 aromatic carbocycles. The minimum absolute atomic E-state index is 0.202. The van der Waals surface area contributed by atoms with Crippen molar-refractivity contribution >= 4 is 29.7 Å². The molecule has 11 heteroatoms. The second kappa shape index (κ2) is 8.62. The van der Waals surface area contributed by atoms with E-state index >= 15 is 0 Å². The predicted molar refractivity (Wildman–Crippen MR) is 112 cm³/mol. The fourth-order valence-electron chi connectivity index (χ4n) is 3.48. The van der Waals surface area contributed by atoms with E-state index in [9.17, 15) is 14.0 Å². The van der Waals surface area contributed by atoms with E-state index in [4.69, 9.17) is 4.74 Å². The molecule has 3 heterocycles. The fraction of sp³-hybridized carbons (Fsp3) is 0.400. The Hall–Kier alpha value is -3.63. The lowest BCUT2D eigenvalue weighted by Crippen LogP contribution is -2.38. The number of aryl methyl sites for hydroxylation is 1. The van der Waals surface area contributed by atoms with Crippen LogP contribution in [-0.4, -0.2) is 65.2 Å². The minimum atomic E-state index is -0.563. The number of benzene rings is 1. The number of ether oxygens (including phenoxy) is 1. The van der Waals surface area contributed by atoms with Crippen molar-refractivity contribution in [3.63, 3.8) is 0 Å². The lowest BCUT2D eigenvalue weighted by molar-refractivity contribution is -0.119. The number of cyclic esters (lactones) is 1. The molecule has 0 bridgehead atoms. The zero-order valence-electron chi connectivity index (χ0n) is 17.4. The predicted octanol–water partition coefficient (Wildman–Crippen LogP) is 1.29. The number of imidazole rings is 1. The summed E-state index contributed by atoms with van der Waals surface area (Å²) in [5, 5.41) is 8.89. The van der Waals surface area contributed by atoms with Crippen molar-refractivity contribution in [3.8, 4) is 0 Å². The van der Waals surface area contributed by atoms with E-state index in [1.165, 1.54) is 17.9 Å². The Morgan fingerprint density at radius 1 is 1.35 bits per heavy atom. The van der Waals surface area contributed by atoms with Crippen LogP contribution in [0.25, 0.3) is 0 Å². The number of halogens is 1. The smallest absolute Gasteiger partial charge is 0.414 e. The number of nitrogens with one attached hydrogen (secondary N) is 1. The van der Waals surface area contributed by atoms with E-state index in [0.29, 0.717) is 31.0 Å². The van der Waals surface area contributed by atoms with E-state index in [0.717, 1.165) is 5.82 Å². The Morgan fingerprint density at radius 2 is 2.19 bits per heavy atom. The average Bonchev–Trinajstić information content (AvgIpc) is 3.32. The van der Waals surface area contributed by atoms with Gasteiger partial charge in [0.05, 0.1) is 37.6 Å². The van der Waals surface area contributed by atoms with Gasteiger partial charge in [0.1, 0.15) is 24.1 Å². The Bertz CT molecular complexity index is 1010. The molecule has 1 aromatic heterocycles. The van der Waals surface area contributed by atoms with Gasteiger partial charge >= 0.3 is 6.09 Å². The summed E-state index contributed by atoms with van der Waals surface area (Å²) in [6, 6.07) is 4.61. The maximum absolute atomic E-state index is 14.9. The maximum Gasteiger partial charge on any atom is 0.414 e. The molecule has 1 fully saturated rings. The molecule has 4 rings (SSSR count). The van der Waals surface area contributed by atoms with Crippen LogP contribution in [0.1, 0.15) is 12.7 Å². The van der Waals surface area contributed by atoms with Gasteiger partial charge in [0.15, 0.2) is 0 Å². The highest BCUT2D eigenvalue weighted by molar-refractivity contribution is 5.90. The molecule has 2 amide bonds. The summed E-state index contributed by atoms with van der Waals surface area (Å²) in [7, 11) is 1.93. The zero-order chi connectivity index (χ0) is 22.0. The van der Waals surface area contributed by atoms with Gasteiger partial charge in [0.2, 0.25) is 5.91 Å². The molecule has 2 aromatic rings. The van der Waals surface area contributed by atoms with Crippen LogP contribution in [0, 0.1) is 5.82 Å². The van der Waals surface area contributed by atoms with Crippen LogP contribution in [0.5, 0.6) is 0 Å². The quantitative estimate of drug-likeness (QED) is 0.744. The number of rotatable bonds is 6. The summed E-state index contributed by atoms with van der Waals surface area (Å²) < 4.78 is 22.0. The molecule has 31 heavy (non-hydrogen) atoms. The lowest BCUT2D eigenvalue weighted by atomic mass is 10.2. The first-order chi connectivity index (χ1) is 14.9. The first kappa shape index (κ1) is 20.6. The van der Waals surface area contributed by atoms with Crippen LogP contribution in [0.2, 0.25) is 0 Å². The molecule has 0 unspecified atom stereocenters. The third-order valence-corrected chi connectivity index (χ3v) is 5.20. The highest BCUT2D eigenvalue weighted by atomic mass is 19.1. The van der Waals surface area contributed by atoms with Crippen LogP contribution >= 0.6 is 0 Å². The molecular formula is C20H24FN7O3. The molecule has 2 aliphatic rings. The third kappa shape index (κ3) is 4.60. The zero-order valence-corrected chi connectivity index (χ0v) is 17.4. The first-order valence-corrected chi connectivity index (χ1v) is 9.94. The molecule has 1 saturated heterocycles. The normalized spacial score (nSPS) is 18.5. The number of nitrogens with zero attached hydrogens (tertiary/aromatic N) is 6. The number of hydrogen-bond donors (Lipinski definition) is 1. The molecule has 2 aliphatic heterocycles. The number of hydrogen-bond acceptors (Lipinski definition) is 7. The number of anilines is 2. The summed E-state index contributed by atoms with van der Waals surface area (Å²) >= 11 is 0. The van der Waals surface area contributed by atoms with E-state index in [1.54, 1.807) is 29.6 Å². The molecule has 10 nitrogen and oxygen atoms in total. The second-order valence-corrected chi connectivity index (χ2v) is 7.46. The van der Waals surface area contributed by atoms with Gasteiger partial charge in [0, 0.05) is 32.9 Å². The van der Waals surface area contributed by atoms with Crippen molar-refractivity contribution in [3.05, 3.63) is 42.2 Å². The second-order valence-electron chi connectivity index (χ2n) is 7.46. The van der Waals surface area contributed by atoms with Crippen molar-refractivity contribution in [2.45, 2.75) is 19.6 Å². The van der Waals surface area contributed by atoms with Gasteiger partial charge < -0.3 is 19.5 Å². The Morgan fingerprint density at radius 3 is 2.84 bits per heavy atom. The van der Waals surface area contributed by atoms with Gasteiger partial charge in [-0.1, -0.05) is 0 Å². The number of aromatic nitrogens is 2. The summed E-state index contributed by atoms with van der Waals surface area (Å²) in [4.78, 5) is 30.6. The monoisotopic (exact) mass is 429 g/mol. The van der Waals surface area contributed by atoms with E-state index < -0.39 is 18.0 Å². The highest BCUT2D eigenvalue weighted by Gasteiger charge is 2.33. The van der Waals surface area contributed by atoms with Crippen LogP contribution in [0.15, 0.2) is 35.7 Å². The van der Waals surface area contributed by atoms with Crippen LogP contribution in [0.4, 0.5) is 20.6 Å². The van der Waals surface area contributed by atoms with Crippen LogP contribution in [0.3, 0.4) is 0 Å². The number of amides is 2. The van der Waals surface area contributed by atoms with E-state index in [-0.39, 0.29) is 19.0 Å². The topological polar surface area (TPSA) is 95.3 Å². The van der Waals surface area contributed by atoms with Crippen molar-refractivity contribution < 1.29 is 18.7 Å². The standard InChI is InChI=1S/C20H24FN7O3/c1-14(29)23-10-16-11-28(20(30)31-16)15-3-4-18(17(21)9-15)26-7-8-27(24-13-26)12-19-22-5-6-25(19)2/h3-6,9,13,16H,7-8,10-12H2,1-2H3,(H,23,29)/t16-/m0/s1. The lowest BCUT2D eigenvalue weighted by Gasteiger charge is -2.30. The summed E-state index contributed by atoms with van der Waals surface area (Å²) in [5.74, 6) is 0.238. The molecule has 0 spiro atoms. The number of carbonyl (C=O) groups excluding carboxylic acids is 2. The van der Waals surface area contributed by atoms with E-state index in [2.05, 4.69) is 15.4 Å². The van der Waals surface area contributed by atoms with Crippen molar-refractivity contribution in [1.29, 1.82) is 0 Å². The molecule has 1 atom stereocenters. The Balaban J connectivity index is 1.40. The number of carbonyl (C=O) groups is 2. The largest absolute Gasteiger partial charge is 0.442 e. The van der Waals surface area contributed by atoms with Crippen molar-refractivity contribution in [2.75, 3.05) is 36.0 Å². The Labute approximate surface area is 178 Å². The summed E-state index contributed by atoms with van der Waals surface area (Å²) in [6.45, 7) is 3.61. The van der Waals surface area contributed by atoms with Crippen molar-refractivity contribution in [1.82, 2.24) is 19.9 Å². The molecule has 0 radical (unpaired) electrons. The summed E-state index contributed by atoms with van der Waals surface area (Å²) in [5.41, 5.74) is 0.786. The fourth-order valence-corrected chi connectivity index (χ4v) is 3.48. The molecule has 0 saturated carbocycles. The Kier molecular flexibility index (Phi) is 5.74. The maximum atomic E-state index is 14.9. The van der Waals surface area contributed by atoms with Crippen LogP contribution in [-0.2, 0) is 23.1 Å². The van der Waals surface area contributed by atoms with Gasteiger partial charge in [0.25, 0.3) is 0 Å². The van der Waals surface area contributed by atoms with Gasteiger partial charge in [-0.2, -0.15) is 5.10 Å². The third-order valence-electron chi connectivity index (χ3n) is 5.20. The summed E-state index contributed by atoms with van der Waals surface area (Å²) in [6.07, 6.45) is 4.18. The molecule has 164 valence electrons. The SMILES string of the molecule is CC(=O)NC[C@H]1CN(c2ccc(N3C=NN(Cc4nccn4C)CC3)c(F)c2)C(=O)O1. The molecular weight excluding hydrogens is 405 g/mol. The minimum Gasteiger partial charge on any atom is -0.442 e.